The van der Waals surface area contributed by atoms with Crippen LogP contribution in [-0.2, 0) is 11.3 Å². The molecule has 0 aliphatic rings. The van der Waals surface area contributed by atoms with E-state index in [1.54, 1.807) is 0 Å². The van der Waals surface area contributed by atoms with E-state index in [0.717, 1.165) is 22.6 Å². The molecule has 0 saturated heterocycles. The van der Waals surface area contributed by atoms with Crippen molar-refractivity contribution in [1.29, 1.82) is 0 Å². The summed E-state index contributed by atoms with van der Waals surface area (Å²) in [6.07, 6.45) is 2.61. The predicted octanol–water partition coefficient (Wildman–Crippen LogP) is 3.34. The van der Waals surface area contributed by atoms with Gasteiger partial charge in [0.25, 0.3) is 5.69 Å². The van der Waals surface area contributed by atoms with Crippen molar-refractivity contribution in [3.63, 3.8) is 0 Å². The number of nitrogens with zero attached hydrogens (tertiary/aromatic N) is 6. The van der Waals surface area contributed by atoms with Crippen LogP contribution in [0.5, 0.6) is 0 Å². The molecule has 2 heterocycles. The van der Waals surface area contributed by atoms with Gasteiger partial charge in [-0.25, -0.2) is 19.1 Å². The van der Waals surface area contributed by atoms with Crippen LogP contribution in [0.2, 0.25) is 0 Å². The van der Waals surface area contributed by atoms with Gasteiger partial charge in [-0.1, -0.05) is 12.1 Å². The Kier molecular flexibility index (Phi) is 5.27. The van der Waals surface area contributed by atoms with Gasteiger partial charge in [-0.15, -0.1) is 0 Å². The maximum absolute atomic E-state index is 12.4. The topological polar surface area (TPSA) is 118 Å². The number of aryl methyl sites for hydroxylation is 2. The molecule has 0 amide bonds. The van der Waals surface area contributed by atoms with E-state index in [9.17, 15) is 14.9 Å². The van der Waals surface area contributed by atoms with Gasteiger partial charge in [-0.3, -0.25) is 10.1 Å². The fourth-order valence-corrected chi connectivity index (χ4v) is 3.18. The summed E-state index contributed by atoms with van der Waals surface area (Å²) in [6.45, 7) is 3.94. The lowest BCUT2D eigenvalue weighted by molar-refractivity contribution is -0.384. The number of hydrogen-bond donors (Lipinski definition) is 0. The lowest BCUT2D eigenvalue weighted by Crippen LogP contribution is -2.08. The van der Waals surface area contributed by atoms with E-state index in [0.29, 0.717) is 0 Å². The van der Waals surface area contributed by atoms with E-state index in [4.69, 9.17) is 4.74 Å². The average Bonchev–Trinajstić information content (AvgIpc) is 3.41. The minimum atomic E-state index is -0.657. The van der Waals surface area contributed by atoms with Gasteiger partial charge in [0.15, 0.2) is 0 Å². The van der Waals surface area contributed by atoms with Gasteiger partial charge in [0, 0.05) is 11.8 Å². The highest BCUT2D eigenvalue weighted by atomic mass is 16.6. The zero-order chi connectivity index (χ0) is 22.0. The zero-order valence-corrected chi connectivity index (χ0v) is 16.8. The molecule has 0 spiro atoms. The van der Waals surface area contributed by atoms with Gasteiger partial charge in [0.05, 0.1) is 21.9 Å². The number of nitro benzene ring substituents is 1. The third-order valence-corrected chi connectivity index (χ3v) is 4.63. The number of rotatable bonds is 6. The molecule has 2 aromatic carbocycles. The molecule has 0 unspecified atom stereocenters. The first-order chi connectivity index (χ1) is 14.9. The molecule has 2 aromatic heterocycles. The molecule has 4 aromatic rings. The highest BCUT2D eigenvalue weighted by molar-refractivity contribution is 5.90. The van der Waals surface area contributed by atoms with Crippen LogP contribution < -0.4 is 0 Å². The SMILES string of the molecule is Cc1cc(C)n(-c2ccc(COC(=O)c3ccc(-n4cncn4)c([N+](=O)[O-])c3)cc2)n1. The molecule has 0 radical (unpaired) electrons. The number of hydrogen-bond acceptors (Lipinski definition) is 7. The Balaban J connectivity index is 1.47. The van der Waals surface area contributed by atoms with Gasteiger partial charge in [-0.05, 0) is 49.7 Å². The first kappa shape index (κ1) is 20.0. The summed E-state index contributed by atoms with van der Waals surface area (Å²) in [5.74, 6) is -0.657. The number of nitro groups is 1. The van der Waals surface area contributed by atoms with Crippen LogP contribution in [0.3, 0.4) is 0 Å². The largest absolute Gasteiger partial charge is 0.457 e. The first-order valence-corrected chi connectivity index (χ1v) is 9.35. The minimum Gasteiger partial charge on any atom is -0.457 e. The molecule has 156 valence electrons. The van der Waals surface area contributed by atoms with Crippen LogP contribution in [-0.4, -0.2) is 35.4 Å². The summed E-state index contributed by atoms with van der Waals surface area (Å²) < 4.78 is 8.43. The van der Waals surface area contributed by atoms with E-state index in [1.165, 1.54) is 35.5 Å². The Morgan fingerprint density at radius 2 is 1.90 bits per heavy atom. The number of esters is 1. The molecule has 0 aliphatic heterocycles. The predicted molar refractivity (Wildman–Crippen MR) is 110 cm³/mol. The second kappa shape index (κ2) is 8.19. The van der Waals surface area contributed by atoms with E-state index >= 15 is 0 Å². The third-order valence-electron chi connectivity index (χ3n) is 4.63. The maximum Gasteiger partial charge on any atom is 0.338 e. The number of aromatic nitrogens is 5. The molecule has 10 heteroatoms. The molecule has 0 bridgehead atoms. The third kappa shape index (κ3) is 4.17. The Hall–Kier alpha value is -4.34. The van der Waals surface area contributed by atoms with Crippen molar-refractivity contribution in [1.82, 2.24) is 24.5 Å². The van der Waals surface area contributed by atoms with Crippen molar-refractivity contribution in [2.75, 3.05) is 0 Å². The molecule has 0 aliphatic carbocycles. The standard InChI is InChI=1S/C21H18N6O4/c1-14-9-15(2)26(24-14)18-6-3-16(4-7-18)11-31-21(28)17-5-8-19(20(10-17)27(29)30)25-13-22-12-23-25/h3-10,12-13H,11H2,1-2H3. The Bertz CT molecular complexity index is 1250. The summed E-state index contributed by atoms with van der Waals surface area (Å²) in [6, 6.07) is 13.5. The fourth-order valence-electron chi connectivity index (χ4n) is 3.18. The number of carbonyl (C=O) groups excluding carboxylic acids is 1. The van der Waals surface area contributed by atoms with Gasteiger partial charge < -0.3 is 4.74 Å². The van der Waals surface area contributed by atoms with E-state index < -0.39 is 10.9 Å². The van der Waals surface area contributed by atoms with Crippen molar-refractivity contribution < 1.29 is 14.5 Å². The first-order valence-electron chi connectivity index (χ1n) is 9.35. The quantitative estimate of drug-likeness (QED) is 0.268. The average molecular weight is 418 g/mol. The Labute approximate surface area is 176 Å². The normalized spacial score (nSPS) is 10.8. The summed E-state index contributed by atoms with van der Waals surface area (Å²) in [5, 5.41) is 19.8. The molecule has 4 rings (SSSR count). The van der Waals surface area contributed by atoms with Crippen molar-refractivity contribution in [3.05, 3.63) is 93.8 Å². The second-order valence-corrected chi connectivity index (χ2v) is 6.88. The van der Waals surface area contributed by atoms with Crippen molar-refractivity contribution in [2.45, 2.75) is 20.5 Å². The highest BCUT2D eigenvalue weighted by Crippen LogP contribution is 2.24. The van der Waals surface area contributed by atoms with E-state index in [1.807, 2.05) is 48.9 Å². The van der Waals surface area contributed by atoms with Crippen molar-refractivity contribution >= 4 is 11.7 Å². The summed E-state index contributed by atoms with van der Waals surface area (Å²) in [7, 11) is 0. The van der Waals surface area contributed by atoms with Crippen LogP contribution in [0.1, 0.15) is 27.3 Å². The molecule has 0 N–H and O–H groups in total. The molecule has 0 atom stereocenters. The smallest absolute Gasteiger partial charge is 0.338 e. The summed E-state index contributed by atoms with van der Waals surface area (Å²) >= 11 is 0. The molecule has 0 fully saturated rings. The van der Waals surface area contributed by atoms with Crippen LogP contribution in [0.4, 0.5) is 5.69 Å². The summed E-state index contributed by atoms with van der Waals surface area (Å²) in [4.78, 5) is 27.1. The number of ether oxygens (including phenoxy) is 1. The van der Waals surface area contributed by atoms with E-state index in [-0.39, 0.29) is 23.5 Å². The van der Waals surface area contributed by atoms with Gasteiger partial charge in [0.2, 0.25) is 0 Å². The van der Waals surface area contributed by atoms with Crippen molar-refractivity contribution in [2.24, 2.45) is 0 Å². The zero-order valence-electron chi connectivity index (χ0n) is 16.8. The van der Waals surface area contributed by atoms with Gasteiger partial charge >= 0.3 is 5.97 Å². The van der Waals surface area contributed by atoms with E-state index in [2.05, 4.69) is 15.2 Å². The molecular formula is C21H18N6O4. The van der Waals surface area contributed by atoms with Crippen molar-refractivity contribution in [3.8, 4) is 11.4 Å². The Morgan fingerprint density at radius 3 is 2.52 bits per heavy atom. The number of carbonyl (C=O) groups is 1. The van der Waals surface area contributed by atoms with Gasteiger partial charge in [0.1, 0.15) is 24.9 Å². The monoisotopic (exact) mass is 418 g/mol. The lowest BCUT2D eigenvalue weighted by Gasteiger charge is -2.08. The van der Waals surface area contributed by atoms with Gasteiger partial charge in [-0.2, -0.15) is 10.2 Å². The fraction of sp³-hybridized carbons (Fsp3) is 0.143. The molecular weight excluding hydrogens is 400 g/mol. The maximum atomic E-state index is 12.4. The molecule has 31 heavy (non-hydrogen) atoms. The van der Waals surface area contributed by atoms with Crippen LogP contribution in [0.25, 0.3) is 11.4 Å². The number of benzene rings is 2. The van der Waals surface area contributed by atoms with Crippen LogP contribution >= 0.6 is 0 Å². The highest BCUT2D eigenvalue weighted by Gasteiger charge is 2.20. The summed E-state index contributed by atoms with van der Waals surface area (Å²) in [5.41, 5.74) is 3.65. The van der Waals surface area contributed by atoms with Crippen LogP contribution in [0.15, 0.2) is 61.2 Å². The molecule has 10 nitrogen and oxygen atoms in total. The Morgan fingerprint density at radius 1 is 1.13 bits per heavy atom. The second-order valence-electron chi connectivity index (χ2n) is 6.88. The minimum absolute atomic E-state index is 0.0366. The van der Waals surface area contributed by atoms with Crippen LogP contribution in [0, 0.1) is 24.0 Å². The lowest BCUT2D eigenvalue weighted by atomic mass is 10.1. The molecule has 0 saturated carbocycles.